The molecule has 0 aliphatic carbocycles. The average molecular weight is 574 g/mol. The van der Waals surface area contributed by atoms with E-state index in [4.69, 9.17) is 9.47 Å². The number of nitrogens with one attached hydrogen (secondary N) is 1. The third-order valence-electron chi connectivity index (χ3n) is 6.53. The van der Waals surface area contributed by atoms with Crippen LogP contribution in [0.3, 0.4) is 0 Å². The molecule has 0 saturated heterocycles. The molecular weight excluding hydrogens is 538 g/mol. The second-order valence-electron chi connectivity index (χ2n) is 9.61. The van der Waals surface area contributed by atoms with Gasteiger partial charge in [-0.3, -0.25) is 9.59 Å². The zero-order valence-electron chi connectivity index (χ0n) is 23.2. The van der Waals surface area contributed by atoms with E-state index in [9.17, 15) is 22.8 Å². The molecule has 1 amide bonds. The summed E-state index contributed by atoms with van der Waals surface area (Å²) in [5, 5.41) is 2.57. The van der Waals surface area contributed by atoms with Crippen LogP contribution in [0.2, 0.25) is 0 Å². The number of rotatable bonds is 14. The van der Waals surface area contributed by atoms with Crippen molar-refractivity contribution < 1.29 is 36.6 Å². The summed E-state index contributed by atoms with van der Waals surface area (Å²) in [5.41, 5.74) is 1.58. The number of ether oxygens (including phenoxy) is 2. The van der Waals surface area contributed by atoms with Crippen molar-refractivity contribution in [3.05, 3.63) is 89.2 Å². The highest BCUT2D eigenvalue weighted by atomic mass is 19.4. The van der Waals surface area contributed by atoms with E-state index in [1.165, 1.54) is 24.3 Å². The highest BCUT2D eigenvalue weighted by molar-refractivity contribution is 5.94. The van der Waals surface area contributed by atoms with E-state index in [1.807, 2.05) is 12.1 Å². The maximum atomic E-state index is 15.0. The van der Waals surface area contributed by atoms with Crippen LogP contribution >= 0.6 is 0 Å². The van der Waals surface area contributed by atoms with Crippen LogP contribution in [-0.4, -0.2) is 25.0 Å². The van der Waals surface area contributed by atoms with Crippen molar-refractivity contribution in [3.8, 4) is 16.9 Å². The quantitative estimate of drug-likeness (QED) is 0.120. The molecule has 1 atom stereocenters. The van der Waals surface area contributed by atoms with Gasteiger partial charge in [0, 0.05) is 12.1 Å². The summed E-state index contributed by atoms with van der Waals surface area (Å²) >= 11 is 0. The summed E-state index contributed by atoms with van der Waals surface area (Å²) in [6, 6.07) is 16.2. The molecule has 0 bridgehead atoms. The average Bonchev–Trinajstić information content (AvgIpc) is 2.95. The summed E-state index contributed by atoms with van der Waals surface area (Å²) < 4.78 is 64.7. The lowest BCUT2D eigenvalue weighted by molar-refractivity contribution is -0.143. The molecule has 0 radical (unpaired) electrons. The summed E-state index contributed by atoms with van der Waals surface area (Å²) in [5.74, 6) is -1.64. The molecular formula is C32H35F4NO4. The van der Waals surface area contributed by atoms with Crippen LogP contribution in [0.5, 0.6) is 5.75 Å². The Morgan fingerprint density at radius 2 is 1.54 bits per heavy atom. The van der Waals surface area contributed by atoms with Crippen LogP contribution in [0.15, 0.2) is 66.7 Å². The molecule has 0 aromatic heterocycles. The predicted molar refractivity (Wildman–Crippen MR) is 149 cm³/mol. The first-order chi connectivity index (χ1) is 19.6. The van der Waals surface area contributed by atoms with Crippen LogP contribution < -0.4 is 10.1 Å². The first kappa shape index (κ1) is 31.6. The second-order valence-corrected chi connectivity index (χ2v) is 9.61. The number of carbonyl (C=O) groups excluding carboxylic acids is 2. The number of esters is 1. The molecule has 0 aliphatic heterocycles. The summed E-state index contributed by atoms with van der Waals surface area (Å²) in [4.78, 5) is 23.8. The van der Waals surface area contributed by atoms with Gasteiger partial charge < -0.3 is 14.8 Å². The number of benzene rings is 3. The molecule has 41 heavy (non-hydrogen) atoms. The standard InChI is InChI=1S/C32H35F4NO4/c1-3-5-6-7-8-28(24-11-9-22(10-12-24)23-13-16-26(17-14-23)32(34,35)36)41-29-18-15-25(21-27(29)33)31(39)37-20-19-30(38)40-4-2/h9-18,21,28H,3-8,19-20H2,1-2H3,(H,37,39). The first-order valence-corrected chi connectivity index (χ1v) is 13.8. The van der Waals surface area contributed by atoms with Crippen molar-refractivity contribution >= 4 is 11.9 Å². The Morgan fingerprint density at radius 1 is 0.878 bits per heavy atom. The Kier molecular flexibility index (Phi) is 11.7. The second kappa shape index (κ2) is 15.2. The molecule has 220 valence electrons. The molecule has 0 heterocycles. The van der Waals surface area contributed by atoms with Gasteiger partial charge in [0.25, 0.3) is 5.91 Å². The van der Waals surface area contributed by atoms with Gasteiger partial charge in [0.2, 0.25) is 0 Å². The smallest absolute Gasteiger partial charge is 0.416 e. The van der Waals surface area contributed by atoms with Crippen molar-refractivity contribution in [1.29, 1.82) is 0 Å². The molecule has 9 heteroatoms. The number of carbonyl (C=O) groups is 2. The predicted octanol–water partition coefficient (Wildman–Crippen LogP) is 8.29. The van der Waals surface area contributed by atoms with Crippen molar-refractivity contribution in [1.82, 2.24) is 5.32 Å². The number of hydrogen-bond acceptors (Lipinski definition) is 4. The van der Waals surface area contributed by atoms with Gasteiger partial charge in [0.15, 0.2) is 11.6 Å². The van der Waals surface area contributed by atoms with Crippen LogP contribution in [0.25, 0.3) is 11.1 Å². The summed E-state index contributed by atoms with van der Waals surface area (Å²) in [7, 11) is 0. The van der Waals surface area contributed by atoms with E-state index in [0.717, 1.165) is 55.0 Å². The number of halogens is 4. The summed E-state index contributed by atoms with van der Waals surface area (Å²) in [6.07, 6.45) is -0.233. The van der Waals surface area contributed by atoms with E-state index < -0.39 is 35.5 Å². The van der Waals surface area contributed by atoms with Gasteiger partial charge in [-0.1, -0.05) is 62.6 Å². The van der Waals surface area contributed by atoms with E-state index in [-0.39, 0.29) is 30.9 Å². The highest BCUT2D eigenvalue weighted by Crippen LogP contribution is 2.33. The van der Waals surface area contributed by atoms with E-state index in [1.54, 1.807) is 19.1 Å². The molecule has 1 N–H and O–H groups in total. The van der Waals surface area contributed by atoms with Crippen molar-refractivity contribution in [3.63, 3.8) is 0 Å². The molecule has 0 fully saturated rings. The SMILES string of the molecule is CCCCCCC(Oc1ccc(C(=O)NCCC(=O)OCC)cc1F)c1ccc(-c2ccc(C(F)(F)F)cc2)cc1. The van der Waals surface area contributed by atoms with Gasteiger partial charge in [-0.25, -0.2) is 4.39 Å². The zero-order chi connectivity index (χ0) is 29.8. The zero-order valence-corrected chi connectivity index (χ0v) is 23.2. The van der Waals surface area contributed by atoms with Gasteiger partial charge in [-0.05, 0) is 66.8 Å². The Hall–Kier alpha value is -3.88. The van der Waals surface area contributed by atoms with Gasteiger partial charge in [0.1, 0.15) is 6.10 Å². The number of unbranched alkanes of at least 4 members (excludes halogenated alkanes) is 3. The number of amides is 1. The molecule has 3 rings (SSSR count). The first-order valence-electron chi connectivity index (χ1n) is 13.8. The fourth-order valence-electron chi connectivity index (χ4n) is 4.30. The molecule has 0 saturated carbocycles. The fourth-order valence-corrected chi connectivity index (χ4v) is 4.30. The molecule has 5 nitrogen and oxygen atoms in total. The lowest BCUT2D eigenvalue weighted by Gasteiger charge is -2.21. The third kappa shape index (κ3) is 9.62. The molecule has 3 aromatic rings. The Labute approximate surface area is 237 Å². The summed E-state index contributed by atoms with van der Waals surface area (Å²) in [6.45, 7) is 4.12. The minimum absolute atomic E-state index is 0.000353. The maximum Gasteiger partial charge on any atom is 0.416 e. The van der Waals surface area contributed by atoms with Crippen LogP contribution in [-0.2, 0) is 15.7 Å². The van der Waals surface area contributed by atoms with Gasteiger partial charge in [0.05, 0.1) is 18.6 Å². The van der Waals surface area contributed by atoms with E-state index >= 15 is 4.39 Å². The van der Waals surface area contributed by atoms with Gasteiger partial charge in [-0.2, -0.15) is 13.2 Å². The molecule has 1 unspecified atom stereocenters. The third-order valence-corrected chi connectivity index (χ3v) is 6.53. The Morgan fingerprint density at radius 3 is 2.12 bits per heavy atom. The lowest BCUT2D eigenvalue weighted by Crippen LogP contribution is -2.26. The van der Waals surface area contributed by atoms with Crippen LogP contribution in [0, 0.1) is 5.82 Å². The van der Waals surface area contributed by atoms with Crippen LogP contribution in [0.1, 0.15) is 80.0 Å². The van der Waals surface area contributed by atoms with Crippen molar-refractivity contribution in [2.24, 2.45) is 0 Å². The van der Waals surface area contributed by atoms with Gasteiger partial charge in [-0.15, -0.1) is 0 Å². The van der Waals surface area contributed by atoms with Crippen molar-refractivity contribution in [2.45, 2.75) is 64.7 Å². The minimum atomic E-state index is -4.40. The van der Waals surface area contributed by atoms with E-state index in [0.29, 0.717) is 12.0 Å². The maximum absolute atomic E-state index is 15.0. The Bertz CT molecular complexity index is 1270. The largest absolute Gasteiger partial charge is 0.483 e. The van der Waals surface area contributed by atoms with E-state index in [2.05, 4.69) is 12.2 Å². The van der Waals surface area contributed by atoms with Crippen molar-refractivity contribution in [2.75, 3.05) is 13.2 Å². The van der Waals surface area contributed by atoms with Crippen LogP contribution in [0.4, 0.5) is 17.6 Å². The topological polar surface area (TPSA) is 64.6 Å². The molecule has 3 aromatic carbocycles. The minimum Gasteiger partial charge on any atom is -0.483 e. The number of hydrogen-bond donors (Lipinski definition) is 1. The fraction of sp³-hybridized carbons (Fsp3) is 0.375. The molecule has 0 aliphatic rings. The number of alkyl halides is 3. The highest BCUT2D eigenvalue weighted by Gasteiger charge is 2.30. The normalized spacial score (nSPS) is 12.0. The monoisotopic (exact) mass is 573 g/mol. The Balaban J connectivity index is 1.72. The molecule has 0 spiro atoms. The lowest BCUT2D eigenvalue weighted by atomic mass is 9.98. The van der Waals surface area contributed by atoms with Gasteiger partial charge >= 0.3 is 12.1 Å².